The van der Waals surface area contributed by atoms with Crippen LogP contribution in [0.2, 0.25) is 0 Å². The van der Waals surface area contributed by atoms with Gasteiger partial charge in [-0.05, 0) is 38.6 Å². The fourth-order valence-corrected chi connectivity index (χ4v) is 3.49. The highest BCUT2D eigenvalue weighted by atomic mass is 32.1. The third-order valence-corrected chi connectivity index (χ3v) is 4.65. The number of thiophene rings is 1. The topological polar surface area (TPSA) is 58.1 Å². The van der Waals surface area contributed by atoms with Gasteiger partial charge in [0.25, 0.3) is 0 Å². The zero-order chi connectivity index (χ0) is 15.2. The molecule has 3 heterocycles. The van der Waals surface area contributed by atoms with Crippen LogP contribution in [-0.2, 0) is 4.79 Å². The zero-order valence-corrected chi connectivity index (χ0v) is 13.6. The van der Waals surface area contributed by atoms with E-state index in [-0.39, 0.29) is 17.4 Å². The van der Waals surface area contributed by atoms with Gasteiger partial charge in [0.15, 0.2) is 0 Å². The molecule has 0 aliphatic carbocycles. The Morgan fingerprint density at radius 2 is 2.10 bits per heavy atom. The molecular formula is C15H20N4OS. The van der Waals surface area contributed by atoms with Crippen LogP contribution in [0.3, 0.4) is 0 Å². The molecule has 0 bridgehead atoms. The summed E-state index contributed by atoms with van der Waals surface area (Å²) >= 11 is 1.67. The molecule has 2 aromatic heterocycles. The van der Waals surface area contributed by atoms with Gasteiger partial charge in [0.2, 0.25) is 5.91 Å². The number of aromatic nitrogens is 2. The van der Waals surface area contributed by atoms with Crippen molar-refractivity contribution in [1.82, 2.24) is 15.3 Å². The second-order valence-corrected chi connectivity index (χ2v) is 7.51. The maximum atomic E-state index is 12.1. The molecule has 1 aliphatic heterocycles. The van der Waals surface area contributed by atoms with Crippen molar-refractivity contribution in [3.8, 4) is 0 Å². The molecule has 1 amide bonds. The molecule has 1 fully saturated rings. The summed E-state index contributed by atoms with van der Waals surface area (Å²) < 4.78 is 1.12. The quantitative estimate of drug-likeness (QED) is 0.925. The molecular weight excluding hydrogens is 284 g/mol. The molecule has 2 aromatic rings. The first-order valence-corrected chi connectivity index (χ1v) is 7.99. The van der Waals surface area contributed by atoms with Gasteiger partial charge in [-0.3, -0.25) is 4.79 Å². The Labute approximate surface area is 128 Å². The molecule has 3 rings (SSSR count). The summed E-state index contributed by atoms with van der Waals surface area (Å²) in [5, 5.41) is 5.14. The van der Waals surface area contributed by atoms with Crippen molar-refractivity contribution in [2.75, 3.05) is 18.0 Å². The number of rotatable bonds is 2. The van der Waals surface area contributed by atoms with Gasteiger partial charge in [0.05, 0.1) is 16.1 Å². The van der Waals surface area contributed by atoms with Crippen LogP contribution in [0.15, 0.2) is 11.7 Å². The second kappa shape index (κ2) is 4.94. The van der Waals surface area contributed by atoms with E-state index in [2.05, 4.69) is 32.5 Å². The van der Waals surface area contributed by atoms with E-state index in [1.807, 2.05) is 20.8 Å². The molecule has 0 radical (unpaired) electrons. The third-order valence-electron chi connectivity index (χ3n) is 3.56. The third kappa shape index (κ3) is 2.72. The predicted octanol–water partition coefficient (Wildman–Crippen LogP) is 2.35. The molecule has 21 heavy (non-hydrogen) atoms. The van der Waals surface area contributed by atoms with E-state index in [4.69, 9.17) is 0 Å². The van der Waals surface area contributed by atoms with E-state index in [9.17, 15) is 4.79 Å². The Morgan fingerprint density at radius 3 is 2.76 bits per heavy atom. The summed E-state index contributed by atoms with van der Waals surface area (Å²) in [6, 6.07) is 0. The monoisotopic (exact) mass is 304 g/mol. The van der Waals surface area contributed by atoms with Crippen molar-refractivity contribution < 1.29 is 4.79 Å². The number of hydrogen-bond acceptors (Lipinski definition) is 5. The van der Waals surface area contributed by atoms with Crippen LogP contribution in [0.1, 0.15) is 26.3 Å². The molecule has 6 heteroatoms. The van der Waals surface area contributed by atoms with Gasteiger partial charge in [0.1, 0.15) is 12.1 Å². The van der Waals surface area contributed by atoms with Crippen molar-refractivity contribution in [2.45, 2.75) is 33.2 Å². The predicted molar refractivity (Wildman–Crippen MR) is 85.8 cm³/mol. The summed E-state index contributed by atoms with van der Waals surface area (Å²) in [6.07, 6.45) is 1.61. The highest BCUT2D eigenvalue weighted by Crippen LogP contribution is 2.34. The molecule has 1 saturated heterocycles. The summed E-state index contributed by atoms with van der Waals surface area (Å²) in [4.78, 5) is 23.0. The van der Waals surface area contributed by atoms with E-state index in [0.717, 1.165) is 29.1 Å². The minimum Gasteiger partial charge on any atom is -0.354 e. The number of nitrogens with zero attached hydrogens (tertiary/aromatic N) is 3. The Kier molecular flexibility index (Phi) is 3.36. The lowest BCUT2D eigenvalue weighted by atomic mass is 9.97. The van der Waals surface area contributed by atoms with Crippen LogP contribution >= 0.6 is 11.3 Å². The maximum Gasteiger partial charge on any atom is 0.227 e. The second-order valence-electron chi connectivity index (χ2n) is 6.63. The van der Waals surface area contributed by atoms with Gasteiger partial charge in [-0.25, -0.2) is 9.97 Å². The van der Waals surface area contributed by atoms with Crippen LogP contribution in [0.4, 0.5) is 5.82 Å². The SMILES string of the molecule is Cc1csc2c(N3CC(C(=O)NC(C)(C)C)C3)ncnc12. The van der Waals surface area contributed by atoms with Gasteiger partial charge in [0, 0.05) is 18.6 Å². The lowest BCUT2D eigenvalue weighted by Gasteiger charge is -2.40. The fourth-order valence-electron chi connectivity index (χ4n) is 2.47. The zero-order valence-electron chi connectivity index (χ0n) is 12.8. The number of amides is 1. The summed E-state index contributed by atoms with van der Waals surface area (Å²) in [7, 11) is 0. The number of fused-ring (bicyclic) bond motifs is 1. The number of carbonyl (C=O) groups is 1. The lowest BCUT2D eigenvalue weighted by Crippen LogP contribution is -2.56. The number of anilines is 1. The average Bonchev–Trinajstić information content (AvgIpc) is 2.68. The van der Waals surface area contributed by atoms with E-state index in [0.29, 0.717) is 0 Å². The number of nitrogens with one attached hydrogen (secondary N) is 1. The minimum atomic E-state index is -0.176. The first-order chi connectivity index (χ1) is 9.85. The van der Waals surface area contributed by atoms with Gasteiger partial charge in [-0.1, -0.05) is 0 Å². The molecule has 0 saturated carbocycles. The Balaban J connectivity index is 1.72. The standard InChI is InChI=1S/C15H20N4OS/c1-9-7-21-12-11(9)16-8-17-13(12)19-5-10(6-19)14(20)18-15(2,3)4/h7-8,10H,5-6H2,1-4H3,(H,18,20). The number of hydrogen-bond donors (Lipinski definition) is 1. The molecule has 1 N–H and O–H groups in total. The summed E-state index contributed by atoms with van der Waals surface area (Å²) in [5.74, 6) is 1.14. The minimum absolute atomic E-state index is 0.0512. The number of carbonyl (C=O) groups excluding carboxylic acids is 1. The van der Waals surface area contributed by atoms with Crippen molar-refractivity contribution in [3.05, 3.63) is 17.3 Å². The van der Waals surface area contributed by atoms with Crippen LogP contribution < -0.4 is 10.2 Å². The Bertz CT molecular complexity index is 683. The van der Waals surface area contributed by atoms with Crippen LogP contribution in [0.5, 0.6) is 0 Å². The molecule has 0 atom stereocenters. The van der Waals surface area contributed by atoms with E-state index < -0.39 is 0 Å². The lowest BCUT2D eigenvalue weighted by molar-refractivity contribution is -0.127. The van der Waals surface area contributed by atoms with Gasteiger partial charge >= 0.3 is 0 Å². The van der Waals surface area contributed by atoms with Crippen molar-refractivity contribution in [1.29, 1.82) is 0 Å². The van der Waals surface area contributed by atoms with Crippen LogP contribution in [0, 0.1) is 12.8 Å². The average molecular weight is 304 g/mol. The van der Waals surface area contributed by atoms with Gasteiger partial charge in [-0.15, -0.1) is 11.3 Å². The first-order valence-electron chi connectivity index (χ1n) is 7.11. The van der Waals surface area contributed by atoms with Gasteiger partial charge in [-0.2, -0.15) is 0 Å². The summed E-state index contributed by atoms with van der Waals surface area (Å²) in [5.41, 5.74) is 2.03. The van der Waals surface area contributed by atoms with Crippen LogP contribution in [-0.4, -0.2) is 34.5 Å². The van der Waals surface area contributed by atoms with E-state index in [1.165, 1.54) is 5.56 Å². The fraction of sp³-hybridized carbons (Fsp3) is 0.533. The molecule has 0 unspecified atom stereocenters. The Hall–Kier alpha value is -1.69. The number of aryl methyl sites for hydroxylation is 1. The maximum absolute atomic E-state index is 12.1. The smallest absolute Gasteiger partial charge is 0.227 e. The summed E-state index contributed by atoms with van der Waals surface area (Å²) in [6.45, 7) is 9.53. The van der Waals surface area contributed by atoms with Crippen molar-refractivity contribution in [2.24, 2.45) is 5.92 Å². The largest absolute Gasteiger partial charge is 0.354 e. The molecule has 5 nitrogen and oxygen atoms in total. The molecule has 0 aromatic carbocycles. The first kappa shape index (κ1) is 14.3. The Morgan fingerprint density at radius 1 is 1.38 bits per heavy atom. The van der Waals surface area contributed by atoms with Crippen molar-refractivity contribution in [3.63, 3.8) is 0 Å². The van der Waals surface area contributed by atoms with E-state index in [1.54, 1.807) is 17.7 Å². The normalized spacial score (nSPS) is 16.1. The van der Waals surface area contributed by atoms with Crippen molar-refractivity contribution >= 4 is 33.3 Å². The van der Waals surface area contributed by atoms with Gasteiger partial charge < -0.3 is 10.2 Å². The highest BCUT2D eigenvalue weighted by Gasteiger charge is 2.35. The van der Waals surface area contributed by atoms with Crippen LogP contribution in [0.25, 0.3) is 10.2 Å². The van der Waals surface area contributed by atoms with E-state index >= 15 is 0 Å². The molecule has 112 valence electrons. The molecule has 0 spiro atoms. The highest BCUT2D eigenvalue weighted by molar-refractivity contribution is 7.18. The molecule has 1 aliphatic rings.